The van der Waals surface area contributed by atoms with Crippen molar-refractivity contribution in [2.45, 2.75) is 44.8 Å². The van der Waals surface area contributed by atoms with Gasteiger partial charge in [0.15, 0.2) is 0 Å². The first-order valence-electron chi connectivity index (χ1n) is 17.3. The number of fused-ring (bicyclic) bond motifs is 1. The van der Waals surface area contributed by atoms with E-state index in [9.17, 15) is 19.5 Å². The van der Waals surface area contributed by atoms with Gasteiger partial charge in [0.25, 0.3) is 5.56 Å². The Morgan fingerprint density at radius 1 is 1.04 bits per heavy atom. The van der Waals surface area contributed by atoms with Crippen molar-refractivity contribution in [3.63, 3.8) is 0 Å². The lowest BCUT2D eigenvalue weighted by molar-refractivity contribution is -0.143. The molecule has 5 heterocycles. The van der Waals surface area contributed by atoms with Crippen LogP contribution in [0.4, 0.5) is 0 Å². The minimum absolute atomic E-state index is 0.0865. The van der Waals surface area contributed by atoms with Crippen molar-refractivity contribution in [3.8, 4) is 39.4 Å². The number of ether oxygens (including phenoxy) is 1. The Morgan fingerprint density at radius 2 is 1.77 bits per heavy atom. The first-order valence-corrected chi connectivity index (χ1v) is 18.0. The smallest absolute Gasteiger partial charge is 0.307 e. The molecule has 5 aromatic rings. The first kappa shape index (κ1) is 35.6. The van der Waals surface area contributed by atoms with Gasteiger partial charge in [0.2, 0.25) is 11.8 Å². The Hall–Kier alpha value is -4.75. The molecule has 270 valence electrons. The average Bonchev–Trinajstić information content (AvgIpc) is 3.77. The number of piperidine rings is 1. The van der Waals surface area contributed by atoms with Crippen molar-refractivity contribution >= 4 is 40.6 Å². The zero-order valence-corrected chi connectivity index (χ0v) is 30.4. The molecule has 2 fully saturated rings. The molecule has 2 saturated heterocycles. The number of pyridine rings is 1. The molecule has 0 aliphatic carbocycles. The van der Waals surface area contributed by atoms with Crippen LogP contribution in [0.5, 0.6) is 5.88 Å². The van der Waals surface area contributed by atoms with Crippen LogP contribution in [0.15, 0.2) is 65.6 Å². The quantitative estimate of drug-likeness (QED) is 0.162. The van der Waals surface area contributed by atoms with E-state index in [2.05, 4.69) is 10.6 Å². The minimum atomic E-state index is -0.798. The van der Waals surface area contributed by atoms with Crippen LogP contribution in [0, 0.1) is 5.92 Å². The van der Waals surface area contributed by atoms with Crippen LogP contribution in [-0.2, 0) is 29.7 Å². The second-order valence-corrected chi connectivity index (χ2v) is 14.1. The summed E-state index contributed by atoms with van der Waals surface area (Å²) in [6, 6.07) is 17.2. The normalized spacial score (nSPS) is 17.8. The van der Waals surface area contributed by atoms with Crippen LogP contribution < -0.4 is 20.9 Å². The topological polar surface area (TPSA) is 143 Å². The fourth-order valence-corrected chi connectivity index (χ4v) is 7.76. The van der Waals surface area contributed by atoms with Gasteiger partial charge in [-0.15, -0.1) is 0 Å². The van der Waals surface area contributed by atoms with E-state index in [1.807, 2.05) is 53.4 Å². The molecule has 0 bridgehead atoms. The number of amides is 1. The predicted octanol–water partition coefficient (Wildman–Crippen LogP) is 5.41. The fourth-order valence-electron chi connectivity index (χ4n) is 7.10. The van der Waals surface area contributed by atoms with Gasteiger partial charge in [-0.3, -0.25) is 23.9 Å². The van der Waals surface area contributed by atoms with Gasteiger partial charge < -0.3 is 20.5 Å². The molecule has 14 heteroatoms. The minimum Gasteiger partial charge on any atom is -0.481 e. The molecule has 0 unspecified atom stereocenters. The maximum absolute atomic E-state index is 13.5. The van der Waals surface area contributed by atoms with Gasteiger partial charge >= 0.3 is 5.97 Å². The van der Waals surface area contributed by atoms with Crippen LogP contribution in [0.3, 0.4) is 0 Å². The Balaban J connectivity index is 1.15. The summed E-state index contributed by atoms with van der Waals surface area (Å²) in [5.74, 6) is -0.118. The van der Waals surface area contributed by atoms with E-state index >= 15 is 0 Å². The summed E-state index contributed by atoms with van der Waals surface area (Å²) in [6.45, 7) is 2.72. The third-order valence-corrected chi connectivity index (χ3v) is 10.8. The number of carboxylic acid groups (broad SMARTS) is 1. The lowest BCUT2D eigenvalue weighted by Gasteiger charge is -2.30. The number of likely N-dealkylation sites (tertiary alicyclic amines) is 1. The molecule has 12 nitrogen and oxygen atoms in total. The van der Waals surface area contributed by atoms with E-state index in [1.165, 1.54) is 4.57 Å². The molecule has 0 radical (unpaired) electrons. The largest absolute Gasteiger partial charge is 0.481 e. The number of halogens is 2. The molecule has 0 saturated carbocycles. The van der Waals surface area contributed by atoms with Crippen molar-refractivity contribution in [2.75, 3.05) is 26.7 Å². The highest BCUT2D eigenvalue weighted by molar-refractivity contribution is 6.39. The molecule has 2 aromatic carbocycles. The third kappa shape index (κ3) is 7.16. The van der Waals surface area contributed by atoms with Crippen LogP contribution in [0.25, 0.3) is 39.0 Å². The van der Waals surface area contributed by atoms with Crippen molar-refractivity contribution in [1.82, 2.24) is 34.7 Å². The molecular formula is C38H39Cl2N7O5. The Kier molecular flexibility index (Phi) is 10.3. The van der Waals surface area contributed by atoms with Crippen LogP contribution in [-0.4, -0.2) is 73.8 Å². The summed E-state index contributed by atoms with van der Waals surface area (Å²) < 4.78 is 8.75. The summed E-state index contributed by atoms with van der Waals surface area (Å²) in [5.41, 5.74) is 5.29. The monoisotopic (exact) mass is 743 g/mol. The standard InChI is InChI=1S/C38H39Cl2N7O5/c1-45-32(21-46-15-5-6-23(19-46)38(50)51)44-47-20-24(16-31(47)37(45)49)26-7-3-8-27(34(26)39)28-9-4-10-29(35(28)40)30-13-11-22(36(43-30)52-2)17-41-18-25-12-14-33(48)42-25/h3-4,7-11,13,16,20,23,25,41H,5-6,12,14-15,17-19,21H2,1-2H3,(H,42,48)(H,50,51)/t23-,25+/m0/s1. The summed E-state index contributed by atoms with van der Waals surface area (Å²) >= 11 is 14.2. The predicted molar refractivity (Wildman–Crippen MR) is 200 cm³/mol. The average molecular weight is 745 g/mol. The van der Waals surface area contributed by atoms with Gasteiger partial charge in [-0.1, -0.05) is 65.7 Å². The highest BCUT2D eigenvalue weighted by atomic mass is 35.5. The van der Waals surface area contributed by atoms with E-state index in [-0.39, 0.29) is 17.5 Å². The molecule has 7 rings (SSSR count). The number of aromatic nitrogens is 4. The van der Waals surface area contributed by atoms with Gasteiger partial charge in [0, 0.05) is 78.7 Å². The van der Waals surface area contributed by atoms with Gasteiger partial charge in [-0.05, 0) is 37.9 Å². The van der Waals surface area contributed by atoms with Gasteiger partial charge in [-0.2, -0.15) is 5.10 Å². The van der Waals surface area contributed by atoms with Gasteiger partial charge in [0.05, 0.1) is 35.3 Å². The fraction of sp³-hybridized carbons (Fsp3) is 0.342. The SMILES string of the molecule is COc1nc(-c2cccc(-c3cccc(-c4cc5c(=O)n(C)c(CN6CCC[C@H](C(=O)O)C6)nn5c4)c3Cl)c2Cl)ccc1CNC[C@H]1CCC(=O)N1. The number of carboxylic acids is 1. The number of hydrogen-bond acceptors (Lipinski definition) is 8. The second kappa shape index (κ2) is 15.1. The van der Waals surface area contributed by atoms with Crippen LogP contribution in [0.1, 0.15) is 37.1 Å². The molecule has 3 N–H and O–H groups in total. The van der Waals surface area contributed by atoms with E-state index in [0.29, 0.717) is 88.7 Å². The summed E-state index contributed by atoms with van der Waals surface area (Å²) in [4.78, 5) is 43.4. The summed E-state index contributed by atoms with van der Waals surface area (Å²) in [5, 5.41) is 21.6. The van der Waals surface area contributed by atoms with Gasteiger partial charge in [0.1, 0.15) is 11.3 Å². The number of nitrogens with one attached hydrogen (secondary N) is 2. The Bertz CT molecular complexity index is 2240. The lowest BCUT2D eigenvalue weighted by Crippen LogP contribution is -2.40. The Labute approximate surface area is 310 Å². The Morgan fingerprint density at radius 3 is 2.48 bits per heavy atom. The van der Waals surface area contributed by atoms with Crippen molar-refractivity contribution in [2.24, 2.45) is 13.0 Å². The number of carbonyl (C=O) groups excluding carboxylic acids is 1. The molecule has 52 heavy (non-hydrogen) atoms. The summed E-state index contributed by atoms with van der Waals surface area (Å²) in [6.07, 6.45) is 4.59. The number of benzene rings is 2. The lowest BCUT2D eigenvalue weighted by atomic mass is 9.97. The van der Waals surface area contributed by atoms with E-state index in [1.54, 1.807) is 30.9 Å². The van der Waals surface area contributed by atoms with Crippen LogP contribution >= 0.6 is 23.2 Å². The zero-order valence-electron chi connectivity index (χ0n) is 28.9. The highest BCUT2D eigenvalue weighted by Gasteiger charge is 2.27. The second-order valence-electron chi connectivity index (χ2n) is 13.4. The van der Waals surface area contributed by atoms with E-state index in [4.69, 9.17) is 38.0 Å². The number of carbonyl (C=O) groups is 2. The zero-order chi connectivity index (χ0) is 36.5. The number of methoxy groups -OCH3 is 1. The molecule has 3 aromatic heterocycles. The van der Waals surface area contributed by atoms with Gasteiger partial charge in [-0.25, -0.2) is 9.50 Å². The number of aliphatic carboxylic acids is 1. The van der Waals surface area contributed by atoms with Crippen molar-refractivity contribution in [1.29, 1.82) is 0 Å². The molecule has 2 aliphatic rings. The summed E-state index contributed by atoms with van der Waals surface area (Å²) in [7, 11) is 3.27. The maximum Gasteiger partial charge on any atom is 0.307 e. The third-order valence-electron chi connectivity index (χ3n) is 9.95. The van der Waals surface area contributed by atoms with E-state index < -0.39 is 11.9 Å². The van der Waals surface area contributed by atoms with Crippen molar-refractivity contribution < 1.29 is 19.4 Å². The number of hydrogen-bond donors (Lipinski definition) is 3. The van der Waals surface area contributed by atoms with E-state index in [0.717, 1.165) is 36.1 Å². The molecule has 2 atom stereocenters. The van der Waals surface area contributed by atoms with Crippen LogP contribution in [0.2, 0.25) is 10.0 Å². The molecule has 0 spiro atoms. The molecular weight excluding hydrogens is 705 g/mol. The number of nitrogens with zero attached hydrogens (tertiary/aromatic N) is 5. The highest BCUT2D eigenvalue weighted by Crippen LogP contribution is 2.42. The maximum atomic E-state index is 13.5. The first-order chi connectivity index (χ1) is 25.1. The van der Waals surface area contributed by atoms with Crippen molar-refractivity contribution in [3.05, 3.63) is 92.6 Å². The molecule has 1 amide bonds. The number of rotatable bonds is 11. The molecule has 2 aliphatic heterocycles.